The zero-order valence-electron chi connectivity index (χ0n) is 16.5. The zero-order chi connectivity index (χ0) is 20.7. The lowest BCUT2D eigenvalue weighted by Gasteiger charge is -2.36. The van der Waals surface area contributed by atoms with E-state index in [1.165, 1.54) is 0 Å². The smallest absolute Gasteiger partial charge is 0.342 e. The molecule has 0 unspecified atom stereocenters. The fourth-order valence-corrected chi connectivity index (χ4v) is 4.50. The van der Waals surface area contributed by atoms with Crippen LogP contribution < -0.4 is 9.64 Å². The molecular formula is C26H21NO3. The maximum Gasteiger partial charge on any atom is 0.342 e. The third kappa shape index (κ3) is 2.43. The van der Waals surface area contributed by atoms with Gasteiger partial charge in [-0.15, -0.1) is 13.2 Å². The molecule has 2 aliphatic rings. The van der Waals surface area contributed by atoms with Gasteiger partial charge in [-0.1, -0.05) is 60.7 Å². The quantitative estimate of drug-likeness (QED) is 0.426. The van der Waals surface area contributed by atoms with Crippen LogP contribution in [0.25, 0.3) is 0 Å². The summed E-state index contributed by atoms with van der Waals surface area (Å²) in [6.07, 6.45) is 3.63. The van der Waals surface area contributed by atoms with Gasteiger partial charge in [0.15, 0.2) is 5.60 Å². The Hall–Kier alpha value is -3.79. The Balaban J connectivity index is 1.81. The number of para-hydroxylation sites is 2. The first kappa shape index (κ1) is 18.3. The number of rotatable bonds is 5. The van der Waals surface area contributed by atoms with E-state index in [1.54, 1.807) is 0 Å². The van der Waals surface area contributed by atoms with Crippen molar-refractivity contribution < 1.29 is 14.3 Å². The predicted octanol–water partition coefficient (Wildman–Crippen LogP) is 5.43. The van der Waals surface area contributed by atoms with E-state index in [9.17, 15) is 4.79 Å². The summed E-state index contributed by atoms with van der Waals surface area (Å²) in [6, 6.07) is 21.4. The molecule has 3 aromatic carbocycles. The van der Waals surface area contributed by atoms with Gasteiger partial charge in [0.25, 0.3) is 0 Å². The average molecular weight is 395 g/mol. The second-order valence-electron chi connectivity index (χ2n) is 7.35. The van der Waals surface area contributed by atoms with Crippen LogP contribution in [0.5, 0.6) is 11.5 Å². The number of benzene rings is 3. The van der Waals surface area contributed by atoms with Gasteiger partial charge < -0.3 is 14.4 Å². The second kappa shape index (κ2) is 6.92. The van der Waals surface area contributed by atoms with Gasteiger partial charge in [0, 0.05) is 29.8 Å². The number of hydrogen-bond acceptors (Lipinski definition) is 4. The highest BCUT2D eigenvalue weighted by Crippen LogP contribution is 2.56. The number of ether oxygens (including phenoxy) is 2. The SMILES string of the molecule is C=CCN(CC=C)c1cccc2c1C(=O)OC21c2ccccc2Oc2ccccc21. The van der Waals surface area contributed by atoms with Gasteiger partial charge in [0.2, 0.25) is 0 Å². The van der Waals surface area contributed by atoms with Gasteiger partial charge in [0.1, 0.15) is 11.5 Å². The summed E-state index contributed by atoms with van der Waals surface area (Å²) in [5.41, 5.74) is 2.83. The summed E-state index contributed by atoms with van der Waals surface area (Å²) in [4.78, 5) is 15.4. The van der Waals surface area contributed by atoms with E-state index in [1.807, 2.05) is 78.9 Å². The maximum absolute atomic E-state index is 13.4. The van der Waals surface area contributed by atoms with Crippen LogP contribution in [0.15, 0.2) is 92.0 Å². The fraction of sp³-hybridized carbons (Fsp3) is 0.115. The molecular weight excluding hydrogens is 374 g/mol. The van der Waals surface area contributed by atoms with Crippen molar-refractivity contribution in [1.82, 2.24) is 0 Å². The number of fused-ring (bicyclic) bond motifs is 6. The maximum atomic E-state index is 13.4. The summed E-state index contributed by atoms with van der Waals surface area (Å²) in [7, 11) is 0. The molecule has 2 heterocycles. The van der Waals surface area contributed by atoms with E-state index in [2.05, 4.69) is 18.1 Å². The molecule has 0 atom stereocenters. The molecule has 0 amide bonds. The van der Waals surface area contributed by atoms with E-state index >= 15 is 0 Å². The molecule has 0 aromatic heterocycles. The van der Waals surface area contributed by atoms with Crippen molar-refractivity contribution in [3.05, 3.63) is 114 Å². The highest BCUT2D eigenvalue weighted by molar-refractivity contribution is 6.02. The first-order chi connectivity index (χ1) is 14.7. The van der Waals surface area contributed by atoms with E-state index < -0.39 is 5.60 Å². The summed E-state index contributed by atoms with van der Waals surface area (Å²) >= 11 is 0. The van der Waals surface area contributed by atoms with E-state index in [0.717, 1.165) is 22.4 Å². The zero-order valence-corrected chi connectivity index (χ0v) is 16.5. The summed E-state index contributed by atoms with van der Waals surface area (Å²) in [5, 5.41) is 0. The molecule has 0 radical (unpaired) electrons. The Morgan fingerprint density at radius 1 is 0.800 bits per heavy atom. The van der Waals surface area contributed by atoms with Crippen molar-refractivity contribution in [2.24, 2.45) is 0 Å². The molecule has 0 aliphatic carbocycles. The second-order valence-corrected chi connectivity index (χ2v) is 7.35. The lowest BCUT2D eigenvalue weighted by atomic mass is 9.77. The summed E-state index contributed by atoms with van der Waals surface area (Å²) in [5.74, 6) is 1.04. The Kier molecular flexibility index (Phi) is 4.21. The third-order valence-corrected chi connectivity index (χ3v) is 5.66. The Morgan fingerprint density at radius 3 is 1.97 bits per heavy atom. The molecule has 148 valence electrons. The van der Waals surface area contributed by atoms with Crippen molar-refractivity contribution >= 4 is 11.7 Å². The minimum Gasteiger partial charge on any atom is -0.456 e. The number of carbonyl (C=O) groups is 1. The molecule has 5 rings (SSSR count). The molecule has 3 aromatic rings. The van der Waals surface area contributed by atoms with Crippen LogP contribution in [0.1, 0.15) is 27.0 Å². The Morgan fingerprint density at radius 2 is 1.37 bits per heavy atom. The van der Waals surface area contributed by atoms with Gasteiger partial charge in [-0.2, -0.15) is 0 Å². The fourth-order valence-electron chi connectivity index (χ4n) is 4.50. The normalized spacial score (nSPS) is 14.7. The molecule has 0 saturated heterocycles. The van der Waals surface area contributed by atoms with Crippen LogP contribution in [0.4, 0.5) is 5.69 Å². The molecule has 4 heteroatoms. The van der Waals surface area contributed by atoms with Crippen molar-refractivity contribution in [3.63, 3.8) is 0 Å². The minimum atomic E-state index is -1.04. The molecule has 2 aliphatic heterocycles. The molecule has 0 saturated carbocycles. The van der Waals surface area contributed by atoms with Crippen LogP contribution in [0, 0.1) is 0 Å². The van der Waals surface area contributed by atoms with Gasteiger partial charge in [-0.05, 0) is 18.2 Å². The Bertz CT molecular complexity index is 1120. The van der Waals surface area contributed by atoms with E-state index in [0.29, 0.717) is 30.2 Å². The highest BCUT2D eigenvalue weighted by atomic mass is 16.6. The molecule has 4 nitrogen and oxygen atoms in total. The lowest BCUT2D eigenvalue weighted by molar-refractivity contribution is 0.0224. The monoisotopic (exact) mass is 395 g/mol. The standard InChI is InChI=1S/C26H21NO3/c1-3-16-27(17-4-2)21-13-9-12-20-24(21)25(28)30-26(20)18-10-5-7-14-22(18)29-23-15-8-6-11-19(23)26/h3-15H,1-2,16-17H2. The third-order valence-electron chi connectivity index (χ3n) is 5.66. The van der Waals surface area contributed by atoms with Crippen molar-refractivity contribution in [2.75, 3.05) is 18.0 Å². The molecule has 0 fully saturated rings. The summed E-state index contributed by atoms with van der Waals surface area (Å²) in [6.45, 7) is 8.90. The van der Waals surface area contributed by atoms with Crippen LogP contribution >= 0.6 is 0 Å². The molecule has 1 spiro atoms. The molecule has 0 N–H and O–H groups in total. The molecule has 0 bridgehead atoms. The van der Waals surface area contributed by atoms with Gasteiger partial charge in [-0.3, -0.25) is 0 Å². The predicted molar refractivity (Wildman–Crippen MR) is 117 cm³/mol. The number of esters is 1. The number of anilines is 1. The van der Waals surface area contributed by atoms with Crippen LogP contribution in [0.3, 0.4) is 0 Å². The highest BCUT2D eigenvalue weighted by Gasteiger charge is 2.54. The number of hydrogen-bond donors (Lipinski definition) is 0. The first-order valence-electron chi connectivity index (χ1n) is 9.91. The largest absolute Gasteiger partial charge is 0.456 e. The lowest BCUT2D eigenvalue weighted by Crippen LogP contribution is -2.32. The van der Waals surface area contributed by atoms with Crippen LogP contribution in [-0.2, 0) is 10.3 Å². The number of carbonyl (C=O) groups excluding carboxylic acids is 1. The topological polar surface area (TPSA) is 38.8 Å². The summed E-state index contributed by atoms with van der Waals surface area (Å²) < 4.78 is 12.4. The van der Waals surface area contributed by atoms with Gasteiger partial charge in [-0.25, -0.2) is 4.79 Å². The Labute approximate surface area is 175 Å². The van der Waals surface area contributed by atoms with Crippen molar-refractivity contribution in [3.8, 4) is 11.5 Å². The van der Waals surface area contributed by atoms with Crippen LogP contribution in [0.2, 0.25) is 0 Å². The number of nitrogens with zero attached hydrogens (tertiary/aromatic N) is 1. The van der Waals surface area contributed by atoms with E-state index in [4.69, 9.17) is 9.47 Å². The van der Waals surface area contributed by atoms with Crippen LogP contribution in [-0.4, -0.2) is 19.1 Å². The van der Waals surface area contributed by atoms with E-state index in [-0.39, 0.29) is 5.97 Å². The van der Waals surface area contributed by atoms with Crippen molar-refractivity contribution in [1.29, 1.82) is 0 Å². The first-order valence-corrected chi connectivity index (χ1v) is 9.91. The van der Waals surface area contributed by atoms with Gasteiger partial charge in [0.05, 0.1) is 11.3 Å². The average Bonchev–Trinajstić information content (AvgIpc) is 3.07. The van der Waals surface area contributed by atoms with Crippen molar-refractivity contribution in [2.45, 2.75) is 5.60 Å². The minimum absolute atomic E-state index is 0.342. The van der Waals surface area contributed by atoms with Gasteiger partial charge >= 0.3 is 5.97 Å². The molecule has 30 heavy (non-hydrogen) atoms.